The Morgan fingerprint density at radius 1 is 0.963 bits per heavy atom. The minimum absolute atomic E-state index is 0.141. The van der Waals surface area contributed by atoms with Crippen LogP contribution in [-0.4, -0.2) is 38.0 Å². The van der Waals surface area contributed by atoms with Crippen LogP contribution < -0.4 is 9.47 Å². The van der Waals surface area contributed by atoms with Crippen molar-refractivity contribution in [2.75, 3.05) is 6.61 Å². The largest absolute Gasteiger partial charge is 0.491 e. The second-order valence-electron chi connectivity index (χ2n) is 7.29. The van der Waals surface area contributed by atoms with Crippen molar-refractivity contribution in [3.8, 4) is 17.2 Å². The number of para-hydroxylation sites is 1. The Morgan fingerprint density at radius 3 is 2.26 bits per heavy atom. The highest BCUT2D eigenvalue weighted by atomic mass is 16.5. The zero-order valence-corrected chi connectivity index (χ0v) is 15.7. The van der Waals surface area contributed by atoms with Crippen LogP contribution in [0.5, 0.6) is 17.2 Å². The molecule has 142 valence electrons. The molecule has 3 rings (SSSR count). The van der Waals surface area contributed by atoms with Gasteiger partial charge < -0.3 is 14.6 Å². The molecule has 1 heterocycles. The van der Waals surface area contributed by atoms with Gasteiger partial charge in [0, 0.05) is 5.41 Å². The number of hydrogen-bond acceptors (Lipinski definition) is 6. The molecule has 0 aliphatic heterocycles. The average Bonchev–Trinajstić information content (AvgIpc) is 3.10. The van der Waals surface area contributed by atoms with Gasteiger partial charge in [-0.15, -0.1) is 5.10 Å². The molecule has 0 fully saturated rings. The summed E-state index contributed by atoms with van der Waals surface area (Å²) in [6.07, 6.45) is -0.727. The van der Waals surface area contributed by atoms with Gasteiger partial charge in [-0.25, -0.2) is 4.68 Å². The molecule has 7 nitrogen and oxygen atoms in total. The van der Waals surface area contributed by atoms with Crippen LogP contribution in [0, 0.1) is 0 Å². The van der Waals surface area contributed by atoms with E-state index in [0.717, 1.165) is 17.3 Å². The van der Waals surface area contributed by atoms with Gasteiger partial charge in [-0.3, -0.25) is 0 Å². The predicted molar refractivity (Wildman–Crippen MR) is 101 cm³/mol. The Hall–Kier alpha value is -2.93. The van der Waals surface area contributed by atoms with Gasteiger partial charge in [0.25, 0.3) is 0 Å². The topological polar surface area (TPSA) is 82.3 Å². The fourth-order valence-electron chi connectivity index (χ4n) is 2.54. The zero-order valence-electron chi connectivity index (χ0n) is 15.7. The second kappa shape index (κ2) is 8.18. The van der Waals surface area contributed by atoms with Gasteiger partial charge in [0.1, 0.15) is 30.0 Å². The van der Waals surface area contributed by atoms with E-state index in [1.807, 2.05) is 75.4 Å². The minimum atomic E-state index is -0.727. The van der Waals surface area contributed by atoms with Crippen molar-refractivity contribution >= 4 is 0 Å². The maximum atomic E-state index is 10.3. The van der Waals surface area contributed by atoms with E-state index in [4.69, 9.17) is 9.47 Å². The Kier molecular flexibility index (Phi) is 5.71. The highest BCUT2D eigenvalue weighted by Crippen LogP contribution is 2.23. The standard InChI is InChI=1S/C20H24N4O3/c1-20(2,3)19-21-22-23-24(19)13-15(25)14-26-16-9-11-18(12-10-16)27-17-7-5-4-6-8-17/h4-12,15,25H,13-14H2,1-3H3/t15-/m0/s1. The second-order valence-corrected chi connectivity index (χ2v) is 7.29. The minimum Gasteiger partial charge on any atom is -0.491 e. The van der Waals surface area contributed by atoms with Crippen molar-refractivity contribution in [2.45, 2.75) is 38.8 Å². The molecule has 2 aromatic carbocycles. The highest BCUT2D eigenvalue weighted by molar-refractivity contribution is 5.35. The van der Waals surface area contributed by atoms with Crippen molar-refractivity contribution < 1.29 is 14.6 Å². The van der Waals surface area contributed by atoms with E-state index in [1.165, 1.54) is 0 Å². The van der Waals surface area contributed by atoms with Gasteiger partial charge in [0.2, 0.25) is 0 Å². The first kappa shape index (κ1) is 18.8. The van der Waals surface area contributed by atoms with Crippen LogP contribution >= 0.6 is 0 Å². The molecule has 1 aromatic heterocycles. The number of aliphatic hydroxyl groups excluding tert-OH is 1. The first-order valence-corrected chi connectivity index (χ1v) is 8.82. The summed E-state index contributed by atoms with van der Waals surface area (Å²) >= 11 is 0. The lowest BCUT2D eigenvalue weighted by Gasteiger charge is -2.19. The maximum absolute atomic E-state index is 10.3. The summed E-state index contributed by atoms with van der Waals surface area (Å²) in [4.78, 5) is 0. The summed E-state index contributed by atoms with van der Waals surface area (Å²) < 4.78 is 13.0. The molecule has 0 saturated heterocycles. The quantitative estimate of drug-likeness (QED) is 0.690. The number of tetrazole rings is 1. The van der Waals surface area contributed by atoms with Crippen LogP contribution in [0.3, 0.4) is 0 Å². The van der Waals surface area contributed by atoms with Gasteiger partial charge in [0.05, 0.1) is 6.54 Å². The number of hydrogen-bond donors (Lipinski definition) is 1. The normalized spacial score (nSPS) is 12.6. The number of ether oxygens (including phenoxy) is 2. The van der Waals surface area contributed by atoms with Crippen LogP contribution in [0.1, 0.15) is 26.6 Å². The van der Waals surface area contributed by atoms with E-state index >= 15 is 0 Å². The van der Waals surface area contributed by atoms with E-state index in [9.17, 15) is 5.11 Å². The number of rotatable bonds is 7. The fourth-order valence-corrected chi connectivity index (χ4v) is 2.54. The van der Waals surface area contributed by atoms with Crippen molar-refractivity contribution in [1.82, 2.24) is 20.2 Å². The van der Waals surface area contributed by atoms with E-state index in [-0.39, 0.29) is 18.6 Å². The van der Waals surface area contributed by atoms with Gasteiger partial charge >= 0.3 is 0 Å². The number of aliphatic hydroxyl groups is 1. The summed E-state index contributed by atoms with van der Waals surface area (Å²) in [6.45, 7) is 6.49. The smallest absolute Gasteiger partial charge is 0.156 e. The lowest BCUT2D eigenvalue weighted by atomic mass is 9.96. The molecular weight excluding hydrogens is 344 g/mol. The molecule has 1 N–H and O–H groups in total. The van der Waals surface area contributed by atoms with E-state index in [1.54, 1.807) is 4.68 Å². The van der Waals surface area contributed by atoms with E-state index in [0.29, 0.717) is 5.75 Å². The number of benzene rings is 2. The Morgan fingerprint density at radius 2 is 1.59 bits per heavy atom. The molecule has 1 atom stereocenters. The Labute approximate surface area is 158 Å². The molecule has 0 amide bonds. The molecule has 3 aromatic rings. The summed E-state index contributed by atoms with van der Waals surface area (Å²) in [6, 6.07) is 16.8. The third-order valence-electron chi connectivity index (χ3n) is 3.83. The van der Waals surface area contributed by atoms with Crippen LogP contribution in [-0.2, 0) is 12.0 Å². The van der Waals surface area contributed by atoms with Gasteiger partial charge in [-0.2, -0.15) is 0 Å². The molecular formula is C20H24N4O3. The summed E-state index contributed by atoms with van der Waals surface area (Å²) in [5.74, 6) is 2.88. The molecule has 0 radical (unpaired) electrons. The monoisotopic (exact) mass is 368 g/mol. The first-order valence-electron chi connectivity index (χ1n) is 8.82. The van der Waals surface area contributed by atoms with Crippen molar-refractivity contribution in [3.63, 3.8) is 0 Å². The molecule has 0 bridgehead atoms. The first-order chi connectivity index (χ1) is 12.9. The SMILES string of the molecule is CC(C)(C)c1nnnn1C[C@H](O)COc1ccc(Oc2ccccc2)cc1. The van der Waals surface area contributed by atoms with Gasteiger partial charge in [-0.1, -0.05) is 39.0 Å². The number of nitrogens with zero attached hydrogens (tertiary/aromatic N) is 4. The Balaban J connectivity index is 1.52. The van der Waals surface area contributed by atoms with E-state index < -0.39 is 6.10 Å². The lowest BCUT2D eigenvalue weighted by molar-refractivity contribution is 0.0871. The van der Waals surface area contributed by atoms with Crippen LogP contribution in [0.2, 0.25) is 0 Å². The molecule has 7 heteroatoms. The molecule has 0 unspecified atom stereocenters. The van der Waals surface area contributed by atoms with Gasteiger partial charge in [0.15, 0.2) is 5.82 Å². The summed E-state index contributed by atoms with van der Waals surface area (Å²) in [5, 5.41) is 21.9. The average molecular weight is 368 g/mol. The van der Waals surface area contributed by atoms with Crippen LogP contribution in [0.25, 0.3) is 0 Å². The highest BCUT2D eigenvalue weighted by Gasteiger charge is 2.23. The Bertz CT molecular complexity index is 842. The van der Waals surface area contributed by atoms with Gasteiger partial charge in [-0.05, 0) is 46.8 Å². The fraction of sp³-hybridized carbons (Fsp3) is 0.350. The molecule has 0 aliphatic carbocycles. The molecule has 0 spiro atoms. The van der Waals surface area contributed by atoms with E-state index in [2.05, 4.69) is 15.5 Å². The third-order valence-corrected chi connectivity index (χ3v) is 3.83. The summed E-state index contributed by atoms with van der Waals surface area (Å²) in [5.41, 5.74) is -0.196. The number of aromatic nitrogens is 4. The summed E-state index contributed by atoms with van der Waals surface area (Å²) in [7, 11) is 0. The predicted octanol–water partition coefficient (Wildman–Crippen LogP) is 3.20. The molecule has 0 saturated carbocycles. The van der Waals surface area contributed by atoms with Crippen molar-refractivity contribution in [2.24, 2.45) is 0 Å². The molecule has 27 heavy (non-hydrogen) atoms. The van der Waals surface area contributed by atoms with Crippen molar-refractivity contribution in [3.05, 3.63) is 60.4 Å². The molecule has 0 aliphatic rings. The van der Waals surface area contributed by atoms with Crippen LogP contribution in [0.15, 0.2) is 54.6 Å². The maximum Gasteiger partial charge on any atom is 0.156 e. The lowest BCUT2D eigenvalue weighted by Crippen LogP contribution is -2.28. The third kappa shape index (κ3) is 5.27. The van der Waals surface area contributed by atoms with Crippen molar-refractivity contribution in [1.29, 1.82) is 0 Å². The van der Waals surface area contributed by atoms with Crippen LogP contribution in [0.4, 0.5) is 0 Å². The zero-order chi connectivity index (χ0) is 19.3.